The normalized spacial score (nSPS) is 22.3. The number of benzene rings is 1. The molecule has 1 aromatic carbocycles. The Bertz CT molecular complexity index is 1070. The molecule has 200 valence electrons. The van der Waals surface area contributed by atoms with Crippen LogP contribution in [-0.2, 0) is 25.6 Å². The lowest BCUT2D eigenvalue weighted by molar-refractivity contribution is -0.133. The topological polar surface area (TPSA) is 89.5 Å². The monoisotopic (exact) mass is 509 g/mol. The summed E-state index contributed by atoms with van der Waals surface area (Å²) in [6.45, 7) is 13.2. The van der Waals surface area contributed by atoms with Crippen LogP contribution >= 0.6 is 0 Å². The zero-order valence-electron chi connectivity index (χ0n) is 22.4. The Morgan fingerprint density at radius 2 is 1.97 bits per heavy atom. The van der Waals surface area contributed by atoms with Crippen molar-refractivity contribution in [3.8, 4) is 0 Å². The number of amides is 2. The first-order valence-electron chi connectivity index (χ1n) is 13.1. The predicted octanol–water partition coefficient (Wildman–Crippen LogP) is 4.96. The fourth-order valence-corrected chi connectivity index (χ4v) is 5.11. The first kappa shape index (κ1) is 26.8. The van der Waals surface area contributed by atoms with E-state index in [1.807, 2.05) is 62.1 Å². The number of piperidine rings is 1. The van der Waals surface area contributed by atoms with Gasteiger partial charge in [0, 0.05) is 32.4 Å². The maximum atomic E-state index is 12.7. The van der Waals surface area contributed by atoms with Crippen molar-refractivity contribution in [2.24, 2.45) is 16.3 Å². The molecule has 1 aliphatic carbocycles. The third-order valence-electron chi connectivity index (χ3n) is 7.17. The zero-order chi connectivity index (χ0) is 26.6. The van der Waals surface area contributed by atoms with Gasteiger partial charge in [-0.1, -0.05) is 36.9 Å². The van der Waals surface area contributed by atoms with E-state index in [4.69, 9.17) is 14.2 Å². The lowest BCUT2D eigenvalue weighted by Gasteiger charge is -2.45. The van der Waals surface area contributed by atoms with Crippen LogP contribution in [0.4, 0.5) is 4.79 Å². The summed E-state index contributed by atoms with van der Waals surface area (Å²) in [4.78, 5) is 31.2. The van der Waals surface area contributed by atoms with Crippen LogP contribution in [0.2, 0.25) is 0 Å². The lowest BCUT2D eigenvalue weighted by atomic mass is 9.77. The smallest absolute Gasteiger partial charge is 0.407 e. The first-order valence-corrected chi connectivity index (χ1v) is 13.1. The molecule has 1 spiro atoms. The van der Waals surface area contributed by atoms with Crippen LogP contribution in [0.3, 0.4) is 0 Å². The number of hydrogen-bond acceptors (Lipinski definition) is 6. The van der Waals surface area contributed by atoms with Crippen LogP contribution in [0, 0.1) is 11.3 Å². The second-order valence-electron chi connectivity index (χ2n) is 11.2. The number of alkyl carbamates (subject to hydrolysis) is 1. The molecule has 37 heavy (non-hydrogen) atoms. The molecule has 2 atom stereocenters. The minimum Gasteiger partial charge on any atom is -0.493 e. The maximum Gasteiger partial charge on any atom is 0.407 e. The van der Waals surface area contributed by atoms with Gasteiger partial charge in [0.05, 0.1) is 12.3 Å². The lowest BCUT2D eigenvalue weighted by Crippen LogP contribution is -2.54. The van der Waals surface area contributed by atoms with Gasteiger partial charge in [-0.05, 0) is 57.1 Å². The van der Waals surface area contributed by atoms with Crippen LogP contribution < -0.4 is 5.32 Å². The summed E-state index contributed by atoms with van der Waals surface area (Å²) < 4.78 is 17.6. The Kier molecular flexibility index (Phi) is 7.95. The van der Waals surface area contributed by atoms with Crippen LogP contribution in [0.15, 0.2) is 59.5 Å². The summed E-state index contributed by atoms with van der Waals surface area (Å²) in [6.07, 6.45) is 4.89. The quantitative estimate of drug-likeness (QED) is 0.500. The van der Waals surface area contributed by atoms with Crippen molar-refractivity contribution in [1.82, 2.24) is 10.2 Å². The molecule has 2 amide bonds. The number of rotatable bonds is 8. The molecule has 2 aliphatic heterocycles. The third-order valence-corrected chi connectivity index (χ3v) is 7.17. The Balaban J connectivity index is 1.36. The average molecular weight is 510 g/mol. The molecule has 4 rings (SSSR count). The molecule has 3 aliphatic rings. The number of carbonyl (C=O) groups is 2. The minimum atomic E-state index is -0.545. The van der Waals surface area contributed by atoms with Gasteiger partial charge in [0.2, 0.25) is 11.8 Å². The molecule has 1 saturated carbocycles. The molecular weight excluding hydrogens is 470 g/mol. The molecule has 0 bridgehead atoms. The van der Waals surface area contributed by atoms with Gasteiger partial charge >= 0.3 is 6.09 Å². The number of aliphatic imine (C=N–C) groups is 1. The average Bonchev–Trinajstić information content (AvgIpc) is 3.61. The number of likely N-dealkylation sites (tertiary alicyclic amines) is 1. The largest absolute Gasteiger partial charge is 0.493 e. The standard InChI is InChI=1S/C29H39N3O5/c1-20(35-19-22-9-7-6-8-10-22)24-18-32(21(2)33)25(17-29(24)13-14-29)26-30-15-11-23(36-26)12-16-31-27(34)37-28(3,4)5/h6-11,24-25H,1,12-19H2,2-5H3,(H,31,34)/t24-,25+/m1/s1. The molecule has 8 nitrogen and oxygen atoms in total. The summed E-state index contributed by atoms with van der Waals surface area (Å²) in [7, 11) is 0. The van der Waals surface area contributed by atoms with Gasteiger partial charge in [0.15, 0.2) is 0 Å². The number of ether oxygens (including phenoxy) is 3. The van der Waals surface area contributed by atoms with Crippen molar-refractivity contribution >= 4 is 17.9 Å². The van der Waals surface area contributed by atoms with Gasteiger partial charge < -0.3 is 24.4 Å². The van der Waals surface area contributed by atoms with Gasteiger partial charge in [-0.2, -0.15) is 0 Å². The van der Waals surface area contributed by atoms with Crippen molar-refractivity contribution in [2.45, 2.75) is 71.6 Å². The molecule has 1 aromatic rings. The summed E-state index contributed by atoms with van der Waals surface area (Å²) in [5.74, 6) is 2.12. The highest BCUT2D eigenvalue weighted by atomic mass is 16.6. The SMILES string of the molecule is C=C(OCc1ccccc1)[C@H]1CN(C(C)=O)[C@H](C2=NCC=C(CCNC(=O)OC(C)(C)C)O2)CC12CC2. The molecule has 0 aromatic heterocycles. The highest BCUT2D eigenvalue weighted by molar-refractivity contribution is 5.88. The summed E-state index contributed by atoms with van der Waals surface area (Å²) in [6, 6.07) is 9.82. The van der Waals surface area contributed by atoms with E-state index in [0.29, 0.717) is 38.6 Å². The van der Waals surface area contributed by atoms with E-state index in [0.717, 1.165) is 36.3 Å². The summed E-state index contributed by atoms with van der Waals surface area (Å²) in [5, 5.41) is 2.76. The molecule has 8 heteroatoms. The third kappa shape index (κ3) is 6.93. The number of nitrogens with zero attached hydrogens (tertiary/aromatic N) is 2. The van der Waals surface area contributed by atoms with E-state index in [9.17, 15) is 9.59 Å². The van der Waals surface area contributed by atoms with E-state index < -0.39 is 11.7 Å². The van der Waals surface area contributed by atoms with Crippen molar-refractivity contribution in [1.29, 1.82) is 0 Å². The van der Waals surface area contributed by atoms with Gasteiger partial charge in [-0.25, -0.2) is 9.79 Å². The van der Waals surface area contributed by atoms with Gasteiger partial charge in [-0.3, -0.25) is 4.79 Å². The van der Waals surface area contributed by atoms with Crippen molar-refractivity contribution in [3.05, 3.63) is 60.1 Å². The minimum absolute atomic E-state index is 0.0182. The van der Waals surface area contributed by atoms with Crippen molar-refractivity contribution < 1.29 is 23.8 Å². The summed E-state index contributed by atoms with van der Waals surface area (Å²) in [5.41, 5.74) is 0.600. The van der Waals surface area contributed by atoms with E-state index in [-0.39, 0.29) is 23.3 Å². The molecule has 1 saturated heterocycles. The van der Waals surface area contributed by atoms with Gasteiger partial charge in [0.25, 0.3) is 0 Å². The fourth-order valence-electron chi connectivity index (χ4n) is 5.11. The molecular formula is C29H39N3O5. The van der Waals surface area contributed by atoms with Gasteiger partial charge in [-0.15, -0.1) is 0 Å². The van der Waals surface area contributed by atoms with E-state index in [1.54, 1.807) is 6.92 Å². The predicted molar refractivity (Wildman–Crippen MR) is 142 cm³/mol. The van der Waals surface area contributed by atoms with Crippen LogP contribution in [0.5, 0.6) is 0 Å². The highest BCUT2D eigenvalue weighted by Gasteiger charge is 2.57. The van der Waals surface area contributed by atoms with Crippen LogP contribution in [0.1, 0.15) is 58.9 Å². The number of hydrogen-bond donors (Lipinski definition) is 1. The van der Waals surface area contributed by atoms with E-state index in [2.05, 4.69) is 16.9 Å². The van der Waals surface area contributed by atoms with Crippen LogP contribution in [-0.4, -0.2) is 54.1 Å². The Morgan fingerprint density at radius 1 is 1.24 bits per heavy atom. The van der Waals surface area contributed by atoms with Crippen molar-refractivity contribution in [3.63, 3.8) is 0 Å². The second-order valence-corrected chi connectivity index (χ2v) is 11.2. The fraction of sp³-hybridized carbons (Fsp3) is 0.552. The van der Waals surface area contributed by atoms with Crippen LogP contribution in [0.25, 0.3) is 0 Å². The second kappa shape index (κ2) is 11.0. The molecule has 0 unspecified atom stereocenters. The molecule has 2 fully saturated rings. The zero-order valence-corrected chi connectivity index (χ0v) is 22.4. The summed E-state index contributed by atoms with van der Waals surface area (Å²) >= 11 is 0. The molecule has 1 N–H and O–H groups in total. The van der Waals surface area contributed by atoms with E-state index >= 15 is 0 Å². The number of nitrogens with one attached hydrogen (secondary N) is 1. The number of carbonyl (C=O) groups excluding carboxylic acids is 2. The van der Waals surface area contributed by atoms with Gasteiger partial charge in [0.1, 0.15) is 24.0 Å². The molecule has 0 radical (unpaired) electrons. The van der Waals surface area contributed by atoms with E-state index in [1.165, 1.54) is 0 Å². The Labute approximate surface area is 219 Å². The maximum absolute atomic E-state index is 12.7. The van der Waals surface area contributed by atoms with Crippen molar-refractivity contribution in [2.75, 3.05) is 19.6 Å². The Hall–Kier alpha value is -3.29. The highest BCUT2D eigenvalue weighted by Crippen LogP contribution is 2.60. The Morgan fingerprint density at radius 3 is 2.62 bits per heavy atom. The molecule has 2 heterocycles. The first-order chi connectivity index (χ1) is 17.6.